The number of esters is 1. The fraction of sp³-hybridized carbons (Fsp3) is 0.261. The first kappa shape index (κ1) is 24.4. The zero-order valence-electron chi connectivity index (χ0n) is 17.9. The Labute approximate surface area is 193 Å². The van der Waals surface area contributed by atoms with Gasteiger partial charge < -0.3 is 4.74 Å². The minimum absolute atomic E-state index is 0.0211. The minimum Gasteiger partial charge on any atom is -0.465 e. The molecule has 0 heterocycles. The van der Waals surface area contributed by atoms with Gasteiger partial charge in [0, 0.05) is 34.0 Å². The Balaban J connectivity index is 1.85. The summed E-state index contributed by atoms with van der Waals surface area (Å²) >= 11 is 0. The summed E-state index contributed by atoms with van der Waals surface area (Å²) in [6, 6.07) is 11.8. The molecule has 0 aromatic heterocycles. The lowest BCUT2D eigenvalue weighted by atomic mass is 10.0. The topological polar surface area (TPSA) is 77.5 Å². The van der Waals surface area contributed by atoms with Crippen molar-refractivity contribution in [3.63, 3.8) is 0 Å². The molecule has 0 saturated carbocycles. The highest BCUT2D eigenvalue weighted by Gasteiger charge is 2.26. The number of fused-ring (bicyclic) bond motifs is 1. The molecule has 3 rings (SSSR count). The Hall–Kier alpha value is -2.23. The Bertz CT molecular complexity index is 1230. The Morgan fingerprint density at radius 3 is 2.47 bits per heavy atom. The van der Waals surface area contributed by atoms with Crippen LogP contribution < -0.4 is 0 Å². The quantitative estimate of drug-likeness (QED) is 0.305. The lowest BCUT2D eigenvalue weighted by Crippen LogP contribution is -2.09. The Morgan fingerprint density at radius 1 is 1.16 bits per heavy atom. The molecular weight excluding hydrogens is 471 g/mol. The van der Waals surface area contributed by atoms with Crippen LogP contribution in [0.15, 0.2) is 52.9 Å². The first-order chi connectivity index (χ1) is 15.0. The minimum atomic E-state index is -3.19. The molecule has 0 saturated heterocycles. The molecule has 0 amide bonds. The van der Waals surface area contributed by atoms with Crippen LogP contribution in [0.5, 0.6) is 0 Å². The summed E-state index contributed by atoms with van der Waals surface area (Å²) in [7, 11) is -3.54. The number of hydrogen-bond acceptors (Lipinski definition) is 6. The van der Waals surface area contributed by atoms with Crippen molar-refractivity contribution >= 4 is 53.7 Å². The van der Waals surface area contributed by atoms with E-state index in [9.17, 15) is 21.8 Å². The second-order valence-electron chi connectivity index (χ2n) is 7.30. The van der Waals surface area contributed by atoms with Crippen molar-refractivity contribution in [2.75, 3.05) is 24.9 Å². The van der Waals surface area contributed by atoms with Gasteiger partial charge in [0.1, 0.15) is 12.4 Å². The predicted octanol–water partition coefficient (Wildman–Crippen LogP) is 4.52. The normalized spacial score (nSPS) is 15.7. The van der Waals surface area contributed by atoms with E-state index in [0.29, 0.717) is 11.1 Å². The van der Waals surface area contributed by atoms with Gasteiger partial charge >= 0.3 is 5.97 Å². The molecular formula is C23H23FO5S3. The predicted molar refractivity (Wildman–Crippen MR) is 129 cm³/mol. The molecule has 170 valence electrons. The van der Waals surface area contributed by atoms with Gasteiger partial charge in [-0.05, 0) is 81.5 Å². The molecule has 0 aliphatic heterocycles. The van der Waals surface area contributed by atoms with Crippen LogP contribution in [0.2, 0.25) is 0 Å². The maximum Gasteiger partial charge on any atom is 0.310 e. The maximum absolute atomic E-state index is 14.0. The van der Waals surface area contributed by atoms with Gasteiger partial charge in [0.25, 0.3) is 0 Å². The van der Waals surface area contributed by atoms with E-state index < -0.39 is 31.5 Å². The van der Waals surface area contributed by atoms with E-state index in [0.717, 1.165) is 44.2 Å². The van der Waals surface area contributed by atoms with Crippen LogP contribution in [0.3, 0.4) is 0 Å². The zero-order valence-corrected chi connectivity index (χ0v) is 20.3. The highest BCUT2D eigenvalue weighted by atomic mass is 33.1. The van der Waals surface area contributed by atoms with E-state index in [1.54, 1.807) is 24.5 Å². The molecule has 32 heavy (non-hydrogen) atoms. The number of rotatable bonds is 8. The number of allylic oxidation sites excluding steroid dienone is 2. The molecule has 0 spiro atoms. The van der Waals surface area contributed by atoms with Gasteiger partial charge in [0.15, 0.2) is 8.87 Å². The largest absolute Gasteiger partial charge is 0.465 e. The molecule has 0 fully saturated rings. The third kappa shape index (κ3) is 6.17. The van der Waals surface area contributed by atoms with E-state index in [1.807, 2.05) is 25.1 Å². The van der Waals surface area contributed by atoms with Gasteiger partial charge in [0.2, 0.25) is 0 Å². The molecule has 1 atom stereocenters. The van der Waals surface area contributed by atoms with Gasteiger partial charge in [-0.2, -0.15) is 0 Å². The number of hydrogen-bond donors (Lipinski definition) is 0. The van der Waals surface area contributed by atoms with E-state index in [-0.39, 0.29) is 18.8 Å². The monoisotopic (exact) mass is 494 g/mol. The Morgan fingerprint density at radius 2 is 1.84 bits per heavy atom. The Kier molecular flexibility index (Phi) is 7.74. The average molecular weight is 495 g/mol. The van der Waals surface area contributed by atoms with Gasteiger partial charge in [-0.3, -0.25) is 9.00 Å². The van der Waals surface area contributed by atoms with Crippen molar-refractivity contribution in [3.8, 4) is 0 Å². The lowest BCUT2D eigenvalue weighted by Gasteiger charge is -2.07. The van der Waals surface area contributed by atoms with Crippen molar-refractivity contribution in [2.24, 2.45) is 0 Å². The van der Waals surface area contributed by atoms with Crippen molar-refractivity contribution in [2.45, 2.75) is 18.2 Å². The molecule has 5 nitrogen and oxygen atoms in total. The molecule has 2 aromatic rings. The standard InChI is InChI=1S/C23H23FO5S3/c1-15-20(12-16-4-7-18(8-5-16)31(2)26)19-9-6-17(24)13-22(19)21(15)14-23(25)29-10-11-30-32(3,27)28/h4-9,12-13H,10-11,14H2,1-3H3. The van der Waals surface area contributed by atoms with Crippen molar-refractivity contribution in [3.05, 3.63) is 70.5 Å². The number of halogens is 1. The van der Waals surface area contributed by atoms with E-state index in [2.05, 4.69) is 0 Å². The van der Waals surface area contributed by atoms with Crippen molar-refractivity contribution in [1.82, 2.24) is 0 Å². The fourth-order valence-corrected chi connectivity index (χ4v) is 5.53. The maximum atomic E-state index is 14.0. The molecule has 1 aliphatic carbocycles. The molecule has 2 aromatic carbocycles. The molecule has 1 unspecified atom stereocenters. The third-order valence-corrected chi connectivity index (χ3v) is 8.42. The van der Waals surface area contributed by atoms with Crippen LogP contribution in [-0.4, -0.2) is 43.5 Å². The number of benzene rings is 2. The second-order valence-corrected chi connectivity index (χ2v) is 13.3. The first-order valence-corrected chi connectivity index (χ1v) is 14.7. The molecule has 0 N–H and O–H groups in total. The van der Waals surface area contributed by atoms with E-state index in [4.69, 9.17) is 4.74 Å². The number of carbonyl (C=O) groups is 1. The summed E-state index contributed by atoms with van der Waals surface area (Å²) in [6.07, 6.45) is 4.63. The molecule has 9 heteroatoms. The van der Waals surface area contributed by atoms with Crippen LogP contribution in [0, 0.1) is 5.82 Å². The van der Waals surface area contributed by atoms with Crippen LogP contribution in [0.1, 0.15) is 30.0 Å². The van der Waals surface area contributed by atoms with E-state index in [1.165, 1.54) is 12.1 Å². The third-order valence-electron chi connectivity index (χ3n) is 4.94. The summed E-state index contributed by atoms with van der Waals surface area (Å²) < 4.78 is 53.1. The first-order valence-electron chi connectivity index (χ1n) is 9.71. The lowest BCUT2D eigenvalue weighted by molar-refractivity contribution is -0.141. The van der Waals surface area contributed by atoms with Gasteiger partial charge in [-0.25, -0.2) is 12.8 Å². The van der Waals surface area contributed by atoms with E-state index >= 15 is 0 Å². The fourth-order valence-electron chi connectivity index (χ4n) is 3.44. The summed E-state index contributed by atoms with van der Waals surface area (Å²) in [5.41, 5.74) is 4.75. The van der Waals surface area contributed by atoms with Gasteiger partial charge in [0.05, 0.1) is 6.42 Å². The number of ether oxygens (including phenoxy) is 1. The summed E-state index contributed by atoms with van der Waals surface area (Å²) in [4.78, 5) is 13.1. The highest BCUT2D eigenvalue weighted by Crippen LogP contribution is 2.44. The summed E-state index contributed by atoms with van der Waals surface area (Å²) in [6.45, 7) is 1.86. The second kappa shape index (κ2) is 10.1. The van der Waals surface area contributed by atoms with Crippen molar-refractivity contribution < 1.29 is 26.5 Å². The van der Waals surface area contributed by atoms with Crippen LogP contribution in [0.25, 0.3) is 17.2 Å². The molecule has 0 bridgehead atoms. The molecule has 0 radical (unpaired) electrons. The SMILES string of the molecule is CC1=C(CC(=O)OCCSS(C)(=O)=O)c2cc(F)ccc2C1=Cc1ccc(S(C)=O)cc1. The zero-order chi connectivity index (χ0) is 23.5. The summed E-state index contributed by atoms with van der Waals surface area (Å²) in [5.74, 6) is -0.750. The van der Waals surface area contributed by atoms with Gasteiger partial charge in [-0.15, -0.1) is 0 Å². The number of carbonyl (C=O) groups excluding carboxylic acids is 1. The van der Waals surface area contributed by atoms with Crippen LogP contribution in [0.4, 0.5) is 4.39 Å². The van der Waals surface area contributed by atoms with Crippen LogP contribution >= 0.6 is 10.8 Å². The summed E-state index contributed by atoms with van der Waals surface area (Å²) in [5, 5.41) is 0. The smallest absolute Gasteiger partial charge is 0.310 e. The molecule has 1 aliphatic rings. The van der Waals surface area contributed by atoms with Gasteiger partial charge in [-0.1, -0.05) is 18.2 Å². The highest BCUT2D eigenvalue weighted by molar-refractivity contribution is 8.71. The van der Waals surface area contributed by atoms with Crippen molar-refractivity contribution in [1.29, 1.82) is 0 Å². The average Bonchev–Trinajstić information content (AvgIpc) is 2.96. The van der Waals surface area contributed by atoms with Crippen LogP contribution in [-0.2, 0) is 29.2 Å².